The molecule has 4 aliphatic carbocycles. The number of para-hydroxylation sites is 1. The van der Waals surface area contributed by atoms with Crippen molar-refractivity contribution in [3.63, 3.8) is 0 Å². The predicted octanol–water partition coefficient (Wildman–Crippen LogP) is 4.42. The highest BCUT2D eigenvalue weighted by Crippen LogP contribution is 2.61. The molecule has 112 valence electrons. The summed E-state index contributed by atoms with van der Waals surface area (Å²) in [6.45, 7) is 2.30. The molecule has 1 aromatic carbocycles. The molecule has 21 heavy (non-hydrogen) atoms. The van der Waals surface area contributed by atoms with Gasteiger partial charge in [0, 0.05) is 11.8 Å². The summed E-state index contributed by atoms with van der Waals surface area (Å²) < 4.78 is 0. The Labute approximate surface area is 127 Å². The number of hydrogen-bond acceptors (Lipinski definition) is 2. The molecule has 1 atom stereocenters. The van der Waals surface area contributed by atoms with Crippen LogP contribution in [0.25, 0.3) is 0 Å². The fraction of sp³-hybridized carbons (Fsp3) is 0.632. The van der Waals surface area contributed by atoms with E-state index >= 15 is 0 Å². The minimum absolute atomic E-state index is 0.332. The van der Waals surface area contributed by atoms with E-state index < -0.39 is 0 Å². The molecule has 1 unspecified atom stereocenters. The molecule has 1 aromatic rings. The number of phenols is 1. The summed E-state index contributed by atoms with van der Waals surface area (Å²) in [6, 6.07) is 7.86. The van der Waals surface area contributed by atoms with E-state index in [4.69, 9.17) is 4.99 Å². The van der Waals surface area contributed by atoms with Crippen LogP contribution in [0.5, 0.6) is 5.75 Å². The quantitative estimate of drug-likeness (QED) is 0.818. The maximum absolute atomic E-state index is 9.87. The first-order chi connectivity index (χ1) is 10.1. The molecule has 5 rings (SSSR count). The van der Waals surface area contributed by atoms with Crippen molar-refractivity contribution in [3.8, 4) is 5.75 Å². The van der Waals surface area contributed by atoms with Crippen LogP contribution in [0.3, 0.4) is 0 Å². The zero-order valence-corrected chi connectivity index (χ0v) is 12.8. The lowest BCUT2D eigenvalue weighted by Crippen LogP contribution is -2.50. The van der Waals surface area contributed by atoms with E-state index in [1.165, 1.54) is 38.5 Å². The lowest BCUT2D eigenvalue weighted by Gasteiger charge is -2.58. The maximum Gasteiger partial charge on any atom is 0.124 e. The first-order valence-corrected chi connectivity index (χ1v) is 8.46. The van der Waals surface area contributed by atoms with Crippen LogP contribution in [0.4, 0.5) is 0 Å². The third kappa shape index (κ3) is 2.29. The molecule has 4 fully saturated rings. The Kier molecular flexibility index (Phi) is 3.09. The molecule has 4 saturated carbocycles. The van der Waals surface area contributed by atoms with Crippen LogP contribution in [0.1, 0.15) is 51.0 Å². The summed E-state index contributed by atoms with van der Waals surface area (Å²) >= 11 is 0. The number of phenolic OH excluding ortho intramolecular Hbond substituents is 1. The average molecular weight is 283 g/mol. The van der Waals surface area contributed by atoms with E-state index in [2.05, 4.69) is 6.92 Å². The number of benzene rings is 1. The van der Waals surface area contributed by atoms with Gasteiger partial charge in [-0.25, -0.2) is 0 Å². The van der Waals surface area contributed by atoms with Crippen molar-refractivity contribution in [1.82, 2.24) is 0 Å². The third-order valence-corrected chi connectivity index (χ3v) is 6.35. The van der Waals surface area contributed by atoms with Gasteiger partial charge in [0.25, 0.3) is 0 Å². The minimum atomic E-state index is 0.332. The summed E-state index contributed by atoms with van der Waals surface area (Å²) in [5, 5.41) is 9.87. The Morgan fingerprint density at radius 1 is 1.10 bits per heavy atom. The highest BCUT2D eigenvalue weighted by Gasteiger charge is 2.53. The summed E-state index contributed by atoms with van der Waals surface area (Å²) in [6.07, 6.45) is 10.5. The molecule has 0 saturated heterocycles. The van der Waals surface area contributed by atoms with Gasteiger partial charge in [0.05, 0.1) is 6.04 Å². The number of nitrogens with zero attached hydrogens (tertiary/aromatic N) is 1. The van der Waals surface area contributed by atoms with Crippen LogP contribution in [0, 0.1) is 23.2 Å². The van der Waals surface area contributed by atoms with Crippen LogP contribution >= 0.6 is 0 Å². The highest BCUT2D eigenvalue weighted by atomic mass is 16.3. The van der Waals surface area contributed by atoms with Crippen LogP contribution in [-0.2, 0) is 0 Å². The van der Waals surface area contributed by atoms with Crippen LogP contribution in [0.2, 0.25) is 0 Å². The summed E-state index contributed by atoms with van der Waals surface area (Å²) in [5.41, 5.74) is 1.30. The second-order valence-electron chi connectivity index (χ2n) is 7.79. The van der Waals surface area contributed by atoms with Crippen molar-refractivity contribution < 1.29 is 5.11 Å². The Hall–Kier alpha value is -1.31. The van der Waals surface area contributed by atoms with E-state index in [0.29, 0.717) is 17.2 Å². The number of aliphatic imine (C=N–C) groups is 1. The summed E-state index contributed by atoms with van der Waals surface area (Å²) in [7, 11) is 0. The maximum atomic E-state index is 9.87. The van der Waals surface area contributed by atoms with Crippen LogP contribution in [-0.4, -0.2) is 17.4 Å². The van der Waals surface area contributed by atoms with Crippen molar-refractivity contribution >= 4 is 6.21 Å². The van der Waals surface area contributed by atoms with Crippen LogP contribution in [0.15, 0.2) is 29.3 Å². The van der Waals surface area contributed by atoms with Gasteiger partial charge in [-0.15, -0.1) is 0 Å². The van der Waals surface area contributed by atoms with Gasteiger partial charge in [-0.2, -0.15) is 0 Å². The second kappa shape index (κ2) is 4.86. The van der Waals surface area contributed by atoms with E-state index in [9.17, 15) is 5.11 Å². The molecule has 2 heteroatoms. The van der Waals surface area contributed by atoms with Gasteiger partial charge in [-0.05, 0) is 80.8 Å². The number of hydrogen-bond donors (Lipinski definition) is 1. The first-order valence-electron chi connectivity index (χ1n) is 8.46. The van der Waals surface area contributed by atoms with E-state index in [0.717, 1.165) is 23.3 Å². The van der Waals surface area contributed by atoms with Crippen LogP contribution < -0.4 is 0 Å². The van der Waals surface area contributed by atoms with Gasteiger partial charge in [0.1, 0.15) is 5.75 Å². The predicted molar refractivity (Wildman–Crippen MR) is 85.8 cm³/mol. The largest absolute Gasteiger partial charge is 0.507 e. The standard InChI is InChI=1S/C19H25NO/c1-13(20-12-17-4-2-3-5-18(17)21)19-9-14-6-15(10-19)8-16(7-14)11-19/h2-5,12-16,21H,6-11H2,1H3. The molecule has 1 N–H and O–H groups in total. The normalized spacial score (nSPS) is 39.0. The molecular formula is C19H25NO. The zero-order chi connectivity index (χ0) is 14.4. The lowest BCUT2D eigenvalue weighted by molar-refractivity contribution is -0.0632. The van der Waals surface area contributed by atoms with Gasteiger partial charge in [0.2, 0.25) is 0 Å². The second-order valence-corrected chi connectivity index (χ2v) is 7.79. The topological polar surface area (TPSA) is 32.6 Å². The minimum Gasteiger partial charge on any atom is -0.507 e. The molecule has 0 aliphatic heterocycles. The zero-order valence-electron chi connectivity index (χ0n) is 12.8. The number of rotatable bonds is 3. The van der Waals surface area contributed by atoms with E-state index in [-0.39, 0.29) is 0 Å². The summed E-state index contributed by atoms with van der Waals surface area (Å²) in [4.78, 5) is 4.86. The SMILES string of the molecule is CC(N=Cc1ccccc1O)C12CC3CC(CC(C3)C1)C2. The highest BCUT2D eigenvalue weighted by molar-refractivity contribution is 5.83. The number of aromatic hydroxyl groups is 1. The van der Waals surface area contributed by atoms with Gasteiger partial charge in [0.15, 0.2) is 0 Å². The van der Waals surface area contributed by atoms with Crippen molar-refractivity contribution in [1.29, 1.82) is 0 Å². The lowest BCUT2D eigenvalue weighted by atomic mass is 9.48. The molecule has 0 radical (unpaired) electrons. The van der Waals surface area contributed by atoms with Crippen molar-refractivity contribution in [3.05, 3.63) is 29.8 Å². The smallest absolute Gasteiger partial charge is 0.124 e. The van der Waals surface area contributed by atoms with E-state index in [1.807, 2.05) is 24.4 Å². The molecule has 0 heterocycles. The van der Waals surface area contributed by atoms with Gasteiger partial charge in [-0.3, -0.25) is 4.99 Å². The molecular weight excluding hydrogens is 258 g/mol. The van der Waals surface area contributed by atoms with Crippen molar-refractivity contribution in [2.45, 2.75) is 51.5 Å². The molecule has 4 bridgehead atoms. The Balaban J connectivity index is 1.55. The van der Waals surface area contributed by atoms with E-state index in [1.54, 1.807) is 6.07 Å². The van der Waals surface area contributed by atoms with Gasteiger partial charge >= 0.3 is 0 Å². The molecule has 0 amide bonds. The van der Waals surface area contributed by atoms with Crippen molar-refractivity contribution in [2.24, 2.45) is 28.2 Å². The molecule has 2 nitrogen and oxygen atoms in total. The third-order valence-electron chi connectivity index (χ3n) is 6.35. The first kappa shape index (κ1) is 13.4. The van der Waals surface area contributed by atoms with Gasteiger partial charge in [-0.1, -0.05) is 12.1 Å². The van der Waals surface area contributed by atoms with Gasteiger partial charge < -0.3 is 5.11 Å². The Morgan fingerprint density at radius 2 is 1.67 bits per heavy atom. The monoisotopic (exact) mass is 283 g/mol. The Morgan fingerprint density at radius 3 is 2.24 bits per heavy atom. The fourth-order valence-electron chi connectivity index (χ4n) is 5.64. The van der Waals surface area contributed by atoms with Crippen molar-refractivity contribution in [2.75, 3.05) is 0 Å². The molecule has 4 aliphatic rings. The molecule has 0 spiro atoms. The fourth-order valence-corrected chi connectivity index (χ4v) is 5.64. The average Bonchev–Trinajstić information content (AvgIpc) is 2.44. The summed E-state index contributed by atoms with van der Waals surface area (Å²) in [5.74, 6) is 3.25. The Bertz CT molecular complexity index is 527. The molecule has 0 aromatic heterocycles.